The second kappa shape index (κ2) is 6.89. The maximum Gasteiger partial charge on any atom is 0.411 e. The molecule has 21 heavy (non-hydrogen) atoms. The number of hydrogen-bond acceptors (Lipinski definition) is 3. The molecule has 0 aliphatic carbocycles. The van der Waals surface area contributed by atoms with Crippen LogP contribution in [0.5, 0.6) is 0 Å². The van der Waals surface area contributed by atoms with Crippen molar-refractivity contribution < 1.29 is 17.9 Å². The molecular formula is C15H17F3N2O. The molecule has 0 aliphatic heterocycles. The lowest BCUT2D eigenvalue weighted by atomic mass is 9.99. The Kier molecular flexibility index (Phi) is 5.17. The Hall–Kier alpha value is -1.63. The molecule has 0 radical (unpaired) electrons. The molecule has 1 unspecified atom stereocenters. The van der Waals surface area contributed by atoms with Crippen LogP contribution in [0.25, 0.3) is 10.8 Å². The van der Waals surface area contributed by atoms with Gasteiger partial charge in [0, 0.05) is 6.04 Å². The summed E-state index contributed by atoms with van der Waals surface area (Å²) in [6.07, 6.45) is -3.83. The highest BCUT2D eigenvalue weighted by atomic mass is 19.4. The van der Waals surface area contributed by atoms with Crippen molar-refractivity contribution in [3.63, 3.8) is 0 Å². The van der Waals surface area contributed by atoms with Gasteiger partial charge in [0.2, 0.25) is 0 Å². The van der Waals surface area contributed by atoms with Gasteiger partial charge < -0.3 is 4.74 Å². The molecule has 0 aromatic heterocycles. The zero-order chi connectivity index (χ0) is 15.3. The Bertz CT molecular complexity index is 581. The molecule has 2 aromatic rings. The fourth-order valence-corrected chi connectivity index (χ4v) is 2.22. The number of hydrazine groups is 1. The van der Waals surface area contributed by atoms with Crippen molar-refractivity contribution in [2.75, 3.05) is 13.2 Å². The van der Waals surface area contributed by atoms with Gasteiger partial charge in [-0.3, -0.25) is 11.3 Å². The van der Waals surface area contributed by atoms with Gasteiger partial charge in [0.15, 0.2) is 0 Å². The Morgan fingerprint density at radius 2 is 1.81 bits per heavy atom. The standard InChI is InChI=1S/C15H17F3N2O/c16-15(17,18)10-21-9-13(20-19)8-12-6-3-5-11-4-1-2-7-14(11)12/h1-7,13,20H,8-10,19H2. The molecule has 0 fully saturated rings. The number of alkyl halides is 3. The molecule has 1 atom stereocenters. The minimum Gasteiger partial charge on any atom is -0.370 e. The molecule has 3 N–H and O–H groups in total. The van der Waals surface area contributed by atoms with Crippen LogP contribution in [-0.4, -0.2) is 25.4 Å². The third-order valence-electron chi connectivity index (χ3n) is 3.17. The highest BCUT2D eigenvalue weighted by Gasteiger charge is 2.27. The van der Waals surface area contributed by atoms with Crippen molar-refractivity contribution in [2.45, 2.75) is 18.6 Å². The summed E-state index contributed by atoms with van der Waals surface area (Å²) in [5, 5.41) is 2.15. The lowest BCUT2D eigenvalue weighted by Gasteiger charge is -2.18. The van der Waals surface area contributed by atoms with E-state index in [1.54, 1.807) is 0 Å². The second-order valence-corrected chi connectivity index (χ2v) is 4.84. The predicted octanol–water partition coefficient (Wildman–Crippen LogP) is 2.79. The first-order chi connectivity index (χ1) is 9.99. The largest absolute Gasteiger partial charge is 0.411 e. The summed E-state index contributed by atoms with van der Waals surface area (Å²) in [6.45, 7) is -1.36. The van der Waals surface area contributed by atoms with Gasteiger partial charge in [0.25, 0.3) is 0 Å². The molecule has 0 spiro atoms. The fraction of sp³-hybridized carbons (Fsp3) is 0.333. The zero-order valence-electron chi connectivity index (χ0n) is 11.4. The van der Waals surface area contributed by atoms with Gasteiger partial charge in [0.05, 0.1) is 6.61 Å². The first-order valence-electron chi connectivity index (χ1n) is 6.57. The smallest absolute Gasteiger partial charge is 0.370 e. The molecule has 0 saturated heterocycles. The number of hydrogen-bond donors (Lipinski definition) is 2. The number of benzene rings is 2. The van der Waals surface area contributed by atoms with E-state index in [9.17, 15) is 13.2 Å². The summed E-state index contributed by atoms with van der Waals surface area (Å²) in [5.74, 6) is 5.40. The number of fused-ring (bicyclic) bond motifs is 1. The Morgan fingerprint density at radius 3 is 2.52 bits per heavy atom. The third kappa shape index (κ3) is 4.70. The monoisotopic (exact) mass is 298 g/mol. The van der Waals surface area contributed by atoms with Gasteiger partial charge in [-0.25, -0.2) is 0 Å². The van der Waals surface area contributed by atoms with Crippen molar-refractivity contribution in [2.24, 2.45) is 5.84 Å². The number of ether oxygens (including phenoxy) is 1. The Labute approximate surface area is 120 Å². The quantitative estimate of drug-likeness (QED) is 0.637. The fourth-order valence-electron chi connectivity index (χ4n) is 2.22. The lowest BCUT2D eigenvalue weighted by molar-refractivity contribution is -0.175. The molecule has 0 amide bonds. The SMILES string of the molecule is NNC(COCC(F)(F)F)Cc1cccc2ccccc12. The van der Waals surface area contributed by atoms with E-state index in [-0.39, 0.29) is 12.6 Å². The van der Waals surface area contributed by atoms with Crippen LogP contribution in [0.4, 0.5) is 13.2 Å². The zero-order valence-corrected chi connectivity index (χ0v) is 11.4. The van der Waals surface area contributed by atoms with Gasteiger partial charge in [-0.1, -0.05) is 42.5 Å². The molecule has 0 saturated carbocycles. The van der Waals surface area contributed by atoms with Gasteiger partial charge in [-0.15, -0.1) is 0 Å². The van der Waals surface area contributed by atoms with Gasteiger partial charge >= 0.3 is 6.18 Å². The minimum atomic E-state index is -4.32. The molecule has 114 valence electrons. The second-order valence-electron chi connectivity index (χ2n) is 4.84. The van der Waals surface area contributed by atoms with E-state index in [2.05, 4.69) is 10.2 Å². The van der Waals surface area contributed by atoms with E-state index in [0.29, 0.717) is 6.42 Å². The Balaban J connectivity index is 2.03. The highest BCUT2D eigenvalue weighted by molar-refractivity contribution is 5.85. The van der Waals surface area contributed by atoms with E-state index in [1.165, 1.54) is 0 Å². The summed E-state index contributed by atoms with van der Waals surface area (Å²) in [6, 6.07) is 13.3. The molecule has 3 nitrogen and oxygen atoms in total. The third-order valence-corrected chi connectivity index (χ3v) is 3.17. The summed E-state index contributed by atoms with van der Waals surface area (Å²) in [5.41, 5.74) is 3.53. The van der Waals surface area contributed by atoms with E-state index in [4.69, 9.17) is 5.84 Å². The van der Waals surface area contributed by atoms with E-state index in [0.717, 1.165) is 16.3 Å². The van der Waals surface area contributed by atoms with Crippen LogP contribution in [0.15, 0.2) is 42.5 Å². The van der Waals surface area contributed by atoms with Gasteiger partial charge in [-0.2, -0.15) is 13.2 Å². The van der Waals surface area contributed by atoms with E-state index >= 15 is 0 Å². The molecule has 0 bridgehead atoms. The van der Waals surface area contributed by atoms with Crippen molar-refractivity contribution in [1.82, 2.24) is 5.43 Å². The maximum atomic E-state index is 12.1. The molecule has 0 aliphatic rings. The lowest BCUT2D eigenvalue weighted by Crippen LogP contribution is -2.41. The van der Waals surface area contributed by atoms with Crippen molar-refractivity contribution in [1.29, 1.82) is 0 Å². The number of nitrogens with one attached hydrogen (secondary N) is 1. The van der Waals surface area contributed by atoms with Crippen LogP contribution in [0, 0.1) is 0 Å². The first-order valence-corrected chi connectivity index (χ1v) is 6.57. The molecule has 2 aromatic carbocycles. The highest BCUT2D eigenvalue weighted by Crippen LogP contribution is 2.20. The number of nitrogens with two attached hydrogens (primary N) is 1. The van der Waals surface area contributed by atoms with E-state index < -0.39 is 12.8 Å². The van der Waals surface area contributed by atoms with Crippen LogP contribution in [0.3, 0.4) is 0 Å². The van der Waals surface area contributed by atoms with Crippen LogP contribution in [0.1, 0.15) is 5.56 Å². The average molecular weight is 298 g/mol. The molecule has 6 heteroatoms. The summed E-state index contributed by atoms with van der Waals surface area (Å²) < 4.78 is 40.9. The molecular weight excluding hydrogens is 281 g/mol. The number of halogens is 3. The summed E-state index contributed by atoms with van der Waals surface area (Å²) in [7, 11) is 0. The van der Waals surface area contributed by atoms with Crippen LogP contribution in [0.2, 0.25) is 0 Å². The minimum absolute atomic E-state index is 0.0980. The normalized spacial score (nSPS) is 13.5. The predicted molar refractivity (Wildman–Crippen MR) is 75.6 cm³/mol. The van der Waals surface area contributed by atoms with Crippen molar-refractivity contribution >= 4 is 10.8 Å². The van der Waals surface area contributed by atoms with Gasteiger partial charge in [0.1, 0.15) is 6.61 Å². The van der Waals surface area contributed by atoms with Crippen molar-refractivity contribution in [3.8, 4) is 0 Å². The Morgan fingerprint density at radius 1 is 1.10 bits per heavy atom. The molecule has 2 rings (SSSR count). The maximum absolute atomic E-state index is 12.1. The van der Waals surface area contributed by atoms with Gasteiger partial charge in [-0.05, 0) is 22.8 Å². The van der Waals surface area contributed by atoms with Crippen LogP contribution in [-0.2, 0) is 11.2 Å². The first kappa shape index (κ1) is 15.8. The van der Waals surface area contributed by atoms with Crippen LogP contribution < -0.4 is 11.3 Å². The average Bonchev–Trinajstić information content (AvgIpc) is 2.45. The molecule has 0 heterocycles. The van der Waals surface area contributed by atoms with E-state index in [1.807, 2.05) is 42.5 Å². The number of rotatable bonds is 6. The summed E-state index contributed by atoms with van der Waals surface area (Å²) in [4.78, 5) is 0. The van der Waals surface area contributed by atoms with Crippen molar-refractivity contribution in [3.05, 3.63) is 48.0 Å². The topological polar surface area (TPSA) is 47.3 Å². The van der Waals surface area contributed by atoms with Crippen LogP contribution >= 0.6 is 0 Å². The summed E-state index contributed by atoms with van der Waals surface area (Å²) >= 11 is 0.